The highest BCUT2D eigenvalue weighted by Crippen LogP contribution is 2.44. The van der Waals surface area contributed by atoms with Crippen LogP contribution >= 0.6 is 0 Å². The normalized spacial score (nSPS) is 20.1. The summed E-state index contributed by atoms with van der Waals surface area (Å²) in [5, 5.41) is 7.01. The third kappa shape index (κ3) is 3.44. The van der Waals surface area contributed by atoms with E-state index in [1.54, 1.807) is 0 Å². The molecule has 9 nitrogen and oxygen atoms in total. The van der Waals surface area contributed by atoms with Crippen molar-refractivity contribution < 1.29 is 17.9 Å². The van der Waals surface area contributed by atoms with Crippen LogP contribution in [0.1, 0.15) is 63.1 Å². The van der Waals surface area contributed by atoms with Gasteiger partial charge in [-0.1, -0.05) is 27.7 Å². The number of pyridine rings is 1. The molecule has 5 rings (SSSR count). The summed E-state index contributed by atoms with van der Waals surface area (Å²) in [7, 11) is -4.15. The van der Waals surface area contributed by atoms with E-state index in [0.717, 1.165) is 60.3 Å². The van der Waals surface area contributed by atoms with E-state index in [1.165, 1.54) is 10.9 Å². The number of hydrogen-bond donors (Lipinski definition) is 2. The molecular weight excluding hydrogens is 430 g/mol. The number of sulfonamides is 1. The molecule has 2 aromatic heterocycles. The van der Waals surface area contributed by atoms with Crippen LogP contribution in [0.4, 0.5) is 10.5 Å². The van der Waals surface area contributed by atoms with Crippen LogP contribution in [0.2, 0.25) is 0 Å². The first-order chi connectivity index (χ1) is 15.0. The first-order valence-electron chi connectivity index (χ1n) is 11.0. The monoisotopic (exact) mass is 459 g/mol. The van der Waals surface area contributed by atoms with Gasteiger partial charge in [0.05, 0.1) is 30.7 Å². The number of aromatic nitrogens is 3. The van der Waals surface area contributed by atoms with Crippen LogP contribution in [0.3, 0.4) is 0 Å². The van der Waals surface area contributed by atoms with Gasteiger partial charge in [-0.05, 0) is 43.2 Å². The van der Waals surface area contributed by atoms with Gasteiger partial charge < -0.3 is 10.1 Å². The maximum absolute atomic E-state index is 13.0. The third-order valence-corrected chi connectivity index (χ3v) is 7.97. The highest BCUT2D eigenvalue weighted by atomic mass is 32.2. The molecule has 2 N–H and O–H groups in total. The topological polar surface area (TPSA) is 115 Å². The maximum atomic E-state index is 13.0. The van der Waals surface area contributed by atoms with Crippen molar-refractivity contribution in [3.05, 3.63) is 28.7 Å². The van der Waals surface area contributed by atoms with Crippen LogP contribution in [0.25, 0.3) is 0 Å². The lowest BCUT2D eigenvalue weighted by molar-refractivity contribution is 0.0970. The van der Waals surface area contributed by atoms with E-state index in [0.29, 0.717) is 13.2 Å². The summed E-state index contributed by atoms with van der Waals surface area (Å²) in [5.41, 5.74) is 4.60. The highest BCUT2D eigenvalue weighted by Gasteiger charge is 2.37. The molecule has 172 valence electrons. The van der Waals surface area contributed by atoms with E-state index in [-0.39, 0.29) is 21.6 Å². The van der Waals surface area contributed by atoms with Crippen molar-refractivity contribution >= 4 is 21.7 Å². The number of carbonyl (C=O) groups excluding carboxylic acids is 1. The molecular formula is C22H29N5O4S. The summed E-state index contributed by atoms with van der Waals surface area (Å²) in [6, 6.07) is -0.784. The van der Waals surface area contributed by atoms with Gasteiger partial charge in [0.15, 0.2) is 4.90 Å². The van der Waals surface area contributed by atoms with Gasteiger partial charge in [-0.3, -0.25) is 4.98 Å². The summed E-state index contributed by atoms with van der Waals surface area (Å²) in [6.07, 6.45) is 5.68. The zero-order valence-electron chi connectivity index (χ0n) is 18.9. The lowest BCUT2D eigenvalue weighted by Crippen LogP contribution is -2.36. The molecule has 0 fully saturated rings. The molecule has 32 heavy (non-hydrogen) atoms. The Kier molecular flexibility index (Phi) is 4.60. The molecule has 0 spiro atoms. The number of anilines is 1. The van der Waals surface area contributed by atoms with Crippen molar-refractivity contribution in [2.24, 2.45) is 5.41 Å². The Bertz CT molecular complexity index is 1230. The van der Waals surface area contributed by atoms with Gasteiger partial charge in [-0.15, -0.1) is 0 Å². The largest absolute Gasteiger partial charge is 0.476 e. The second-order valence-corrected chi connectivity index (χ2v) is 12.1. The first-order valence-corrected chi connectivity index (χ1v) is 12.5. The summed E-state index contributed by atoms with van der Waals surface area (Å²) in [4.78, 5) is 17.6. The van der Waals surface area contributed by atoms with Gasteiger partial charge in [-0.25, -0.2) is 22.6 Å². The molecule has 3 heterocycles. The van der Waals surface area contributed by atoms with Crippen LogP contribution < -0.4 is 14.8 Å². The van der Waals surface area contributed by atoms with Crippen molar-refractivity contribution in [1.29, 1.82) is 0 Å². The number of hydrogen-bond acceptors (Lipinski definition) is 6. The maximum Gasteiger partial charge on any atom is 0.333 e. The average molecular weight is 460 g/mol. The quantitative estimate of drug-likeness (QED) is 0.729. The summed E-state index contributed by atoms with van der Waals surface area (Å²) in [6.45, 7) is 9.26. The Hall–Kier alpha value is -2.62. The molecule has 0 bridgehead atoms. The minimum absolute atomic E-state index is 0.0612. The molecule has 0 atom stereocenters. The fourth-order valence-electron chi connectivity index (χ4n) is 4.96. The number of nitrogens with zero attached hydrogens (tertiary/aromatic N) is 3. The molecule has 3 aliphatic rings. The number of fused-ring (bicyclic) bond motifs is 3. The summed E-state index contributed by atoms with van der Waals surface area (Å²) in [5.74, 6) is 0.164. The number of nitrogens with one attached hydrogen (secondary N) is 2. The number of rotatable bonds is 3. The molecule has 2 aliphatic carbocycles. The van der Waals surface area contributed by atoms with Crippen molar-refractivity contribution in [1.82, 2.24) is 19.5 Å². The number of carbonyl (C=O) groups is 1. The second-order valence-electron chi connectivity index (χ2n) is 10.5. The molecule has 1 aliphatic heterocycles. The zero-order chi connectivity index (χ0) is 22.9. The van der Waals surface area contributed by atoms with Crippen molar-refractivity contribution in [2.45, 2.75) is 76.7 Å². The van der Waals surface area contributed by atoms with Gasteiger partial charge in [0.1, 0.15) is 0 Å². The molecule has 10 heteroatoms. The van der Waals surface area contributed by atoms with E-state index in [2.05, 4.69) is 29.0 Å². The fraction of sp³-hybridized carbons (Fsp3) is 0.591. The lowest BCUT2D eigenvalue weighted by Gasteiger charge is -2.30. The smallest absolute Gasteiger partial charge is 0.333 e. The van der Waals surface area contributed by atoms with E-state index in [9.17, 15) is 13.2 Å². The van der Waals surface area contributed by atoms with E-state index >= 15 is 0 Å². The van der Waals surface area contributed by atoms with Crippen LogP contribution in [0, 0.1) is 5.41 Å². The summed E-state index contributed by atoms with van der Waals surface area (Å²) >= 11 is 0. The minimum atomic E-state index is -4.15. The van der Waals surface area contributed by atoms with E-state index in [1.807, 2.05) is 13.8 Å². The lowest BCUT2D eigenvalue weighted by atomic mass is 9.90. The van der Waals surface area contributed by atoms with E-state index in [4.69, 9.17) is 9.72 Å². The van der Waals surface area contributed by atoms with Gasteiger partial charge in [0.25, 0.3) is 10.0 Å². The zero-order valence-corrected chi connectivity index (χ0v) is 19.7. The molecule has 0 saturated carbocycles. The Labute approximate surface area is 188 Å². The Morgan fingerprint density at radius 1 is 1.16 bits per heavy atom. The molecule has 0 saturated heterocycles. The standard InChI is InChI=1S/C22H29N5O4S/c1-21(2)11-27-19(31-12-21)16(10-23-27)32(29,30)26-20(28)25-17-13-6-5-7-15(13)24-18-14(17)8-9-22(18,3)4/h10H,5-9,11-12H2,1-4H3,(H2,24,25,26,28). The van der Waals surface area contributed by atoms with Crippen LogP contribution in [0.15, 0.2) is 11.1 Å². The molecule has 0 unspecified atom stereocenters. The van der Waals surface area contributed by atoms with Gasteiger partial charge >= 0.3 is 6.03 Å². The minimum Gasteiger partial charge on any atom is -0.476 e. The van der Waals surface area contributed by atoms with Gasteiger partial charge in [0.2, 0.25) is 5.88 Å². The van der Waals surface area contributed by atoms with Crippen LogP contribution in [-0.4, -0.2) is 35.8 Å². The van der Waals surface area contributed by atoms with E-state index < -0.39 is 16.1 Å². The Balaban J connectivity index is 1.42. The Morgan fingerprint density at radius 3 is 2.72 bits per heavy atom. The predicted octanol–water partition coefficient (Wildman–Crippen LogP) is 2.92. The second kappa shape index (κ2) is 6.94. The first kappa shape index (κ1) is 21.2. The molecule has 0 aromatic carbocycles. The van der Waals surface area contributed by atoms with Crippen molar-refractivity contribution in [3.63, 3.8) is 0 Å². The third-order valence-electron chi connectivity index (χ3n) is 6.66. The number of aryl methyl sites for hydroxylation is 1. The number of amides is 2. The molecule has 0 radical (unpaired) electrons. The molecule has 2 aromatic rings. The fourth-order valence-corrected chi connectivity index (χ4v) is 5.95. The summed E-state index contributed by atoms with van der Waals surface area (Å²) < 4.78 is 35.3. The number of ether oxygens (including phenoxy) is 1. The van der Waals surface area contributed by atoms with Crippen LogP contribution in [0.5, 0.6) is 5.88 Å². The van der Waals surface area contributed by atoms with Crippen LogP contribution in [-0.2, 0) is 41.2 Å². The average Bonchev–Trinajstić information content (AvgIpc) is 3.38. The highest BCUT2D eigenvalue weighted by molar-refractivity contribution is 7.90. The van der Waals surface area contributed by atoms with Gasteiger partial charge in [0, 0.05) is 16.5 Å². The molecule has 2 amide bonds. The predicted molar refractivity (Wildman–Crippen MR) is 118 cm³/mol. The van der Waals surface area contributed by atoms with Gasteiger partial charge in [-0.2, -0.15) is 5.10 Å². The SMILES string of the molecule is CC1(C)COc2c(S(=O)(=O)NC(=O)Nc3c4c(nc5c3CCC5(C)C)CCC4)cnn2C1. The van der Waals surface area contributed by atoms with Crippen molar-refractivity contribution in [2.75, 3.05) is 11.9 Å². The Morgan fingerprint density at radius 2 is 1.94 bits per heavy atom. The van der Waals surface area contributed by atoms with Crippen molar-refractivity contribution in [3.8, 4) is 5.88 Å². The number of urea groups is 1.